The molecule has 28 heavy (non-hydrogen) atoms. The van der Waals surface area contributed by atoms with E-state index < -0.39 is 0 Å². The SMILES string of the molecule is O=C(NCCOc1ccccc1)[C@@H]1CC(=O)N(c2ccc3c(c2)OCCO3)C1. The fraction of sp³-hybridized carbons (Fsp3) is 0.333. The number of ether oxygens (including phenoxy) is 3. The molecule has 7 heteroatoms. The van der Waals surface area contributed by atoms with E-state index in [-0.39, 0.29) is 24.2 Å². The van der Waals surface area contributed by atoms with Crippen molar-refractivity contribution < 1.29 is 23.8 Å². The summed E-state index contributed by atoms with van der Waals surface area (Å²) in [4.78, 5) is 26.5. The van der Waals surface area contributed by atoms with E-state index in [1.54, 1.807) is 17.0 Å². The van der Waals surface area contributed by atoms with Crippen LogP contribution in [0, 0.1) is 5.92 Å². The third kappa shape index (κ3) is 4.03. The van der Waals surface area contributed by atoms with E-state index >= 15 is 0 Å². The van der Waals surface area contributed by atoms with Crippen molar-refractivity contribution in [2.45, 2.75) is 6.42 Å². The largest absolute Gasteiger partial charge is 0.492 e. The van der Waals surface area contributed by atoms with E-state index in [1.807, 2.05) is 36.4 Å². The molecule has 0 saturated carbocycles. The standard InChI is InChI=1S/C21H22N2O5/c24-20-12-15(21(25)22-8-9-26-17-4-2-1-3-5-17)14-23(20)16-6-7-18-19(13-16)28-11-10-27-18/h1-7,13,15H,8-12,14H2,(H,22,25)/t15-/m1/s1. The van der Waals surface area contributed by atoms with Gasteiger partial charge in [0.2, 0.25) is 11.8 Å². The maximum Gasteiger partial charge on any atom is 0.227 e. The molecule has 0 radical (unpaired) electrons. The molecule has 2 aromatic rings. The number of benzene rings is 2. The van der Waals surface area contributed by atoms with Crippen LogP contribution in [0.4, 0.5) is 5.69 Å². The zero-order valence-corrected chi connectivity index (χ0v) is 15.4. The molecule has 1 saturated heterocycles. The summed E-state index contributed by atoms with van der Waals surface area (Å²) in [6, 6.07) is 14.8. The van der Waals surface area contributed by atoms with Crippen molar-refractivity contribution in [2.75, 3.05) is 37.8 Å². The van der Waals surface area contributed by atoms with Gasteiger partial charge in [0, 0.05) is 24.7 Å². The molecule has 2 heterocycles. The second-order valence-electron chi connectivity index (χ2n) is 6.69. The van der Waals surface area contributed by atoms with Gasteiger partial charge in [-0.15, -0.1) is 0 Å². The predicted octanol–water partition coefficient (Wildman–Crippen LogP) is 2.01. The molecule has 146 valence electrons. The Morgan fingerprint density at radius 2 is 1.89 bits per heavy atom. The lowest BCUT2D eigenvalue weighted by Crippen LogP contribution is -2.35. The molecule has 1 atom stereocenters. The minimum Gasteiger partial charge on any atom is -0.492 e. The minimum absolute atomic E-state index is 0.0719. The average molecular weight is 382 g/mol. The topological polar surface area (TPSA) is 77.1 Å². The lowest BCUT2D eigenvalue weighted by molar-refractivity contribution is -0.126. The Morgan fingerprint density at radius 3 is 2.71 bits per heavy atom. The Bertz CT molecular complexity index is 855. The summed E-state index contributed by atoms with van der Waals surface area (Å²) >= 11 is 0. The van der Waals surface area contributed by atoms with Crippen molar-refractivity contribution in [3.05, 3.63) is 48.5 Å². The molecule has 7 nitrogen and oxygen atoms in total. The number of amides is 2. The number of hydrogen-bond acceptors (Lipinski definition) is 5. The van der Waals surface area contributed by atoms with E-state index in [2.05, 4.69) is 5.32 Å². The third-order valence-corrected chi connectivity index (χ3v) is 4.75. The van der Waals surface area contributed by atoms with Gasteiger partial charge in [0.25, 0.3) is 0 Å². The average Bonchev–Trinajstić information content (AvgIpc) is 3.13. The molecule has 2 aliphatic rings. The highest BCUT2D eigenvalue weighted by Gasteiger charge is 2.35. The number of anilines is 1. The quantitative estimate of drug-likeness (QED) is 0.774. The van der Waals surface area contributed by atoms with Crippen molar-refractivity contribution >= 4 is 17.5 Å². The first-order valence-corrected chi connectivity index (χ1v) is 9.36. The minimum atomic E-state index is -0.377. The highest BCUT2D eigenvalue weighted by molar-refractivity contribution is 6.00. The van der Waals surface area contributed by atoms with Crippen LogP contribution in [0.15, 0.2) is 48.5 Å². The second kappa shape index (κ2) is 8.21. The maximum atomic E-state index is 12.4. The Labute approximate surface area is 163 Å². The molecule has 2 amide bonds. The zero-order chi connectivity index (χ0) is 19.3. The number of fused-ring (bicyclic) bond motifs is 1. The van der Waals surface area contributed by atoms with Gasteiger partial charge >= 0.3 is 0 Å². The first-order chi connectivity index (χ1) is 13.7. The van der Waals surface area contributed by atoms with E-state index in [0.717, 1.165) is 11.4 Å². The number of nitrogens with zero attached hydrogens (tertiary/aromatic N) is 1. The normalized spacial score (nSPS) is 18.1. The third-order valence-electron chi connectivity index (χ3n) is 4.75. The lowest BCUT2D eigenvalue weighted by Gasteiger charge is -2.22. The molecule has 0 bridgehead atoms. The summed E-state index contributed by atoms with van der Waals surface area (Å²) < 4.78 is 16.7. The van der Waals surface area contributed by atoms with Gasteiger partial charge in [0.05, 0.1) is 12.5 Å². The van der Waals surface area contributed by atoms with Gasteiger partial charge in [-0.05, 0) is 24.3 Å². The smallest absolute Gasteiger partial charge is 0.227 e. The number of carbonyl (C=O) groups is 2. The van der Waals surface area contributed by atoms with Crippen LogP contribution >= 0.6 is 0 Å². The van der Waals surface area contributed by atoms with Gasteiger partial charge in [-0.2, -0.15) is 0 Å². The summed E-state index contributed by atoms with van der Waals surface area (Å²) in [6.45, 7) is 2.13. The fourth-order valence-corrected chi connectivity index (χ4v) is 3.34. The van der Waals surface area contributed by atoms with Crippen LogP contribution in [0.3, 0.4) is 0 Å². The summed E-state index contributed by atoms with van der Waals surface area (Å²) in [5.74, 6) is 1.48. The fourth-order valence-electron chi connectivity index (χ4n) is 3.34. The molecule has 0 unspecified atom stereocenters. The number of para-hydroxylation sites is 1. The Morgan fingerprint density at radius 1 is 1.11 bits per heavy atom. The molecule has 2 aliphatic heterocycles. The Kier molecular flexibility index (Phi) is 5.32. The van der Waals surface area contributed by atoms with E-state index in [0.29, 0.717) is 44.4 Å². The lowest BCUT2D eigenvalue weighted by atomic mass is 10.1. The maximum absolute atomic E-state index is 12.4. The van der Waals surface area contributed by atoms with Gasteiger partial charge in [-0.1, -0.05) is 18.2 Å². The molecular formula is C21H22N2O5. The van der Waals surface area contributed by atoms with Crippen LogP contribution in [0.5, 0.6) is 17.2 Å². The molecular weight excluding hydrogens is 360 g/mol. The van der Waals surface area contributed by atoms with Crippen LogP contribution < -0.4 is 24.4 Å². The molecule has 0 spiro atoms. The van der Waals surface area contributed by atoms with Gasteiger partial charge in [0.1, 0.15) is 25.6 Å². The van der Waals surface area contributed by atoms with Crippen molar-refractivity contribution in [3.63, 3.8) is 0 Å². The first kappa shape index (κ1) is 18.2. The van der Waals surface area contributed by atoms with Crippen molar-refractivity contribution in [3.8, 4) is 17.2 Å². The number of rotatable bonds is 6. The van der Waals surface area contributed by atoms with Crippen LogP contribution in [-0.2, 0) is 9.59 Å². The van der Waals surface area contributed by atoms with Crippen molar-refractivity contribution in [1.82, 2.24) is 5.32 Å². The van der Waals surface area contributed by atoms with Crippen molar-refractivity contribution in [1.29, 1.82) is 0 Å². The molecule has 0 aromatic heterocycles. The zero-order valence-electron chi connectivity index (χ0n) is 15.4. The summed E-state index contributed by atoms with van der Waals surface area (Å²) in [7, 11) is 0. The number of hydrogen-bond donors (Lipinski definition) is 1. The highest BCUT2D eigenvalue weighted by atomic mass is 16.6. The van der Waals surface area contributed by atoms with E-state index in [1.165, 1.54) is 0 Å². The van der Waals surface area contributed by atoms with E-state index in [9.17, 15) is 9.59 Å². The number of nitrogens with one attached hydrogen (secondary N) is 1. The van der Waals surface area contributed by atoms with Crippen molar-refractivity contribution in [2.24, 2.45) is 5.92 Å². The van der Waals surface area contributed by atoms with Gasteiger partial charge in [-0.3, -0.25) is 9.59 Å². The highest BCUT2D eigenvalue weighted by Crippen LogP contribution is 2.35. The summed E-state index contributed by atoms with van der Waals surface area (Å²) in [5, 5.41) is 2.85. The van der Waals surface area contributed by atoms with Gasteiger partial charge in [0.15, 0.2) is 11.5 Å². The van der Waals surface area contributed by atoms with Gasteiger partial charge < -0.3 is 24.4 Å². The molecule has 1 fully saturated rings. The Balaban J connectivity index is 1.29. The van der Waals surface area contributed by atoms with E-state index in [4.69, 9.17) is 14.2 Å². The van der Waals surface area contributed by atoms with Crippen LogP contribution in [0.25, 0.3) is 0 Å². The van der Waals surface area contributed by atoms with Crippen LogP contribution in [-0.4, -0.2) is 44.7 Å². The second-order valence-corrected chi connectivity index (χ2v) is 6.69. The van der Waals surface area contributed by atoms with Crippen LogP contribution in [0.2, 0.25) is 0 Å². The Hall–Kier alpha value is -3.22. The summed E-state index contributed by atoms with van der Waals surface area (Å²) in [6.07, 6.45) is 0.194. The summed E-state index contributed by atoms with van der Waals surface area (Å²) in [5.41, 5.74) is 0.719. The molecule has 2 aromatic carbocycles. The molecule has 0 aliphatic carbocycles. The monoisotopic (exact) mass is 382 g/mol. The predicted molar refractivity (Wildman–Crippen MR) is 103 cm³/mol. The van der Waals surface area contributed by atoms with Crippen LogP contribution in [0.1, 0.15) is 6.42 Å². The molecule has 1 N–H and O–H groups in total. The number of carbonyl (C=O) groups excluding carboxylic acids is 2. The first-order valence-electron chi connectivity index (χ1n) is 9.36. The molecule has 4 rings (SSSR count). The van der Waals surface area contributed by atoms with Gasteiger partial charge in [-0.25, -0.2) is 0 Å².